The number of aromatic nitrogens is 1. The molecule has 2 aromatic carbocycles. The number of hydrogen-bond donors (Lipinski definition) is 2. The van der Waals surface area contributed by atoms with E-state index in [2.05, 4.69) is 4.72 Å². The Morgan fingerprint density at radius 3 is 2.34 bits per heavy atom. The van der Waals surface area contributed by atoms with Gasteiger partial charge in [0.15, 0.2) is 0 Å². The molecule has 3 aromatic rings. The van der Waals surface area contributed by atoms with Gasteiger partial charge in [0.2, 0.25) is 10.0 Å². The summed E-state index contributed by atoms with van der Waals surface area (Å²) in [6.07, 6.45) is 2.46. The number of fused-ring (bicyclic) bond motifs is 1. The fraction of sp³-hybridized carbons (Fsp3) is 0.318. The summed E-state index contributed by atoms with van der Waals surface area (Å²) in [5, 5.41) is 10.2. The van der Waals surface area contributed by atoms with Crippen molar-refractivity contribution in [1.29, 1.82) is 0 Å². The van der Waals surface area contributed by atoms with E-state index in [1.165, 1.54) is 0 Å². The van der Waals surface area contributed by atoms with Gasteiger partial charge in [-0.3, -0.25) is 0 Å². The van der Waals surface area contributed by atoms with Gasteiger partial charge in [0.25, 0.3) is 0 Å². The van der Waals surface area contributed by atoms with Crippen LogP contribution in [-0.2, 0) is 16.6 Å². The van der Waals surface area contributed by atoms with Gasteiger partial charge in [-0.05, 0) is 61.9 Å². The minimum atomic E-state index is -3.69. The largest absolute Gasteiger partial charge is 0.478 e. The lowest BCUT2D eigenvalue weighted by Gasteiger charge is -2.20. The normalized spacial score (nSPS) is 13.0. The van der Waals surface area contributed by atoms with Crippen molar-refractivity contribution >= 4 is 26.9 Å². The molecule has 0 spiro atoms. The van der Waals surface area contributed by atoms with Crippen LogP contribution in [0.1, 0.15) is 40.4 Å². The first kappa shape index (κ1) is 21.1. The number of carboxylic acid groups (broad SMARTS) is 1. The highest BCUT2D eigenvalue weighted by molar-refractivity contribution is 7.89. The van der Waals surface area contributed by atoms with E-state index >= 15 is 0 Å². The van der Waals surface area contributed by atoms with E-state index in [0.717, 1.165) is 27.6 Å². The highest BCUT2D eigenvalue weighted by Gasteiger charge is 2.23. The van der Waals surface area contributed by atoms with Gasteiger partial charge in [-0.15, -0.1) is 0 Å². The maximum Gasteiger partial charge on any atom is 0.335 e. The molecule has 1 aromatic heterocycles. The Morgan fingerprint density at radius 2 is 1.76 bits per heavy atom. The summed E-state index contributed by atoms with van der Waals surface area (Å²) < 4.78 is 30.9. The van der Waals surface area contributed by atoms with Crippen LogP contribution >= 0.6 is 0 Å². The number of carbonyl (C=O) groups is 1. The van der Waals surface area contributed by atoms with Crippen LogP contribution in [0.15, 0.2) is 47.5 Å². The smallest absolute Gasteiger partial charge is 0.335 e. The predicted octanol–water partition coefficient (Wildman–Crippen LogP) is 4.02. The van der Waals surface area contributed by atoms with Crippen LogP contribution in [0.2, 0.25) is 0 Å². The fourth-order valence-corrected chi connectivity index (χ4v) is 5.60. The Bertz CT molecular complexity index is 1160. The lowest BCUT2D eigenvalue weighted by molar-refractivity contribution is 0.0697. The molecular weight excluding hydrogens is 388 g/mol. The summed E-state index contributed by atoms with van der Waals surface area (Å²) >= 11 is 0. The van der Waals surface area contributed by atoms with Crippen LogP contribution in [0.3, 0.4) is 0 Å². The number of aryl methyl sites for hydroxylation is 3. The first-order chi connectivity index (χ1) is 13.6. The Labute approximate surface area is 171 Å². The van der Waals surface area contributed by atoms with Crippen LogP contribution in [0, 0.1) is 20.8 Å². The zero-order chi connectivity index (χ0) is 21.3. The molecule has 0 bridgehead atoms. The van der Waals surface area contributed by atoms with Crippen LogP contribution in [0.4, 0.5) is 0 Å². The van der Waals surface area contributed by atoms with Crippen molar-refractivity contribution in [3.05, 3.63) is 64.8 Å². The molecule has 154 valence electrons. The van der Waals surface area contributed by atoms with E-state index in [1.54, 1.807) is 18.2 Å². The summed E-state index contributed by atoms with van der Waals surface area (Å²) in [4.78, 5) is 11.6. The molecule has 2 N–H and O–H groups in total. The molecule has 0 radical (unpaired) electrons. The molecule has 3 rings (SSSR count). The van der Waals surface area contributed by atoms with E-state index in [-0.39, 0.29) is 11.6 Å². The highest BCUT2D eigenvalue weighted by Crippen LogP contribution is 2.23. The number of nitrogens with one attached hydrogen (secondary N) is 1. The molecule has 7 heteroatoms. The molecule has 1 atom stereocenters. The SMILES string of the molecule is CC[C@H](Cn1ccc2ccc(C(=O)O)cc21)NS(=O)(=O)c1c(C)cc(C)cc1C. The van der Waals surface area contributed by atoms with E-state index < -0.39 is 16.0 Å². The predicted molar refractivity (Wildman–Crippen MR) is 114 cm³/mol. The van der Waals surface area contributed by atoms with Gasteiger partial charge in [-0.2, -0.15) is 0 Å². The van der Waals surface area contributed by atoms with Gasteiger partial charge < -0.3 is 9.67 Å². The first-order valence-corrected chi connectivity index (χ1v) is 11.0. The standard InChI is InChI=1S/C22H26N2O4S/c1-5-19(23-29(27,28)21-15(3)10-14(2)11-16(21)4)13-24-9-8-17-6-7-18(22(25)26)12-20(17)24/h6-12,19,23H,5,13H2,1-4H3,(H,25,26)/t19-/m1/s1. The lowest BCUT2D eigenvalue weighted by Crippen LogP contribution is -2.38. The van der Waals surface area contributed by atoms with Gasteiger partial charge in [-0.1, -0.05) is 30.7 Å². The Balaban J connectivity index is 1.91. The second kappa shape index (κ2) is 8.00. The van der Waals surface area contributed by atoms with Gasteiger partial charge in [0.05, 0.1) is 10.5 Å². The van der Waals surface area contributed by atoms with Crippen LogP contribution in [0.5, 0.6) is 0 Å². The van der Waals surface area contributed by atoms with Crippen LogP contribution in [0.25, 0.3) is 10.9 Å². The summed E-state index contributed by atoms with van der Waals surface area (Å²) in [5.41, 5.74) is 3.45. The van der Waals surface area contributed by atoms with Crippen molar-refractivity contribution in [2.24, 2.45) is 0 Å². The second-order valence-electron chi connectivity index (χ2n) is 7.50. The third-order valence-corrected chi connectivity index (χ3v) is 6.95. The van der Waals surface area contributed by atoms with E-state index in [1.807, 2.05) is 56.7 Å². The van der Waals surface area contributed by atoms with Gasteiger partial charge in [0, 0.05) is 24.3 Å². The minimum absolute atomic E-state index is 0.206. The minimum Gasteiger partial charge on any atom is -0.478 e. The van der Waals surface area contributed by atoms with Gasteiger partial charge >= 0.3 is 5.97 Å². The third kappa shape index (κ3) is 4.36. The highest BCUT2D eigenvalue weighted by atomic mass is 32.2. The van der Waals surface area contributed by atoms with Crippen molar-refractivity contribution in [3.8, 4) is 0 Å². The molecule has 0 saturated carbocycles. The zero-order valence-electron chi connectivity index (χ0n) is 17.1. The number of aromatic carboxylic acids is 1. The molecule has 0 aliphatic carbocycles. The van der Waals surface area contributed by atoms with E-state index in [4.69, 9.17) is 0 Å². The van der Waals surface area contributed by atoms with E-state index in [9.17, 15) is 18.3 Å². The maximum absolute atomic E-state index is 13.1. The van der Waals surface area contributed by atoms with E-state index in [0.29, 0.717) is 17.9 Å². The molecular formula is C22H26N2O4S. The Hall–Kier alpha value is -2.64. The number of sulfonamides is 1. The number of hydrogen-bond acceptors (Lipinski definition) is 3. The quantitative estimate of drug-likeness (QED) is 0.611. The molecule has 29 heavy (non-hydrogen) atoms. The average Bonchev–Trinajstić information content (AvgIpc) is 3.01. The topological polar surface area (TPSA) is 88.4 Å². The molecule has 0 aliphatic heterocycles. The van der Waals surface area contributed by atoms with Crippen molar-refractivity contribution in [1.82, 2.24) is 9.29 Å². The average molecular weight is 415 g/mol. The lowest BCUT2D eigenvalue weighted by atomic mass is 10.1. The van der Waals surface area contributed by atoms with Crippen molar-refractivity contribution < 1.29 is 18.3 Å². The molecule has 0 aliphatic rings. The fourth-order valence-electron chi connectivity index (χ4n) is 3.83. The molecule has 0 amide bonds. The van der Waals surface area contributed by atoms with Gasteiger partial charge in [-0.25, -0.2) is 17.9 Å². The summed E-state index contributed by atoms with van der Waals surface area (Å²) in [6.45, 7) is 7.90. The molecule has 0 unspecified atom stereocenters. The summed E-state index contributed by atoms with van der Waals surface area (Å²) in [5.74, 6) is -0.988. The van der Waals surface area contributed by atoms with Gasteiger partial charge in [0.1, 0.15) is 0 Å². The number of benzene rings is 2. The Kier molecular flexibility index (Phi) is 5.82. The number of nitrogens with zero attached hydrogens (tertiary/aromatic N) is 1. The monoisotopic (exact) mass is 414 g/mol. The molecule has 1 heterocycles. The summed E-state index contributed by atoms with van der Waals surface area (Å²) in [6, 6.07) is 10.3. The molecule has 6 nitrogen and oxygen atoms in total. The van der Waals surface area contributed by atoms with Crippen molar-refractivity contribution in [2.75, 3.05) is 0 Å². The van der Waals surface area contributed by atoms with Crippen molar-refractivity contribution in [3.63, 3.8) is 0 Å². The third-order valence-electron chi connectivity index (χ3n) is 5.13. The van der Waals surface area contributed by atoms with Crippen molar-refractivity contribution in [2.45, 2.75) is 51.6 Å². The zero-order valence-corrected chi connectivity index (χ0v) is 17.9. The number of carboxylic acids is 1. The molecule has 0 fully saturated rings. The second-order valence-corrected chi connectivity index (χ2v) is 9.15. The first-order valence-electron chi connectivity index (χ1n) is 9.54. The van der Waals surface area contributed by atoms with Crippen LogP contribution in [-0.4, -0.2) is 30.1 Å². The van der Waals surface area contributed by atoms with Crippen LogP contribution < -0.4 is 4.72 Å². The maximum atomic E-state index is 13.1. The Morgan fingerprint density at radius 1 is 1.10 bits per heavy atom. The number of rotatable bonds is 7. The summed E-state index contributed by atoms with van der Waals surface area (Å²) in [7, 11) is -3.69. The molecule has 0 saturated heterocycles.